The van der Waals surface area contributed by atoms with E-state index in [2.05, 4.69) is 26.3 Å². The van der Waals surface area contributed by atoms with Crippen LogP contribution in [0.15, 0.2) is 11.6 Å². The minimum absolute atomic E-state index is 0.130. The van der Waals surface area contributed by atoms with Gasteiger partial charge in [-0.2, -0.15) is 0 Å². The first-order valence-electron chi connectivity index (χ1n) is 6.25. The van der Waals surface area contributed by atoms with Gasteiger partial charge in [0.05, 0.1) is 0 Å². The molecule has 1 fully saturated rings. The lowest BCUT2D eigenvalue weighted by Crippen LogP contribution is -2.40. The van der Waals surface area contributed by atoms with Crippen LogP contribution in [0.5, 0.6) is 0 Å². The smallest absolute Gasteiger partial charge is 0.302 e. The number of hydrogen-bond donors (Lipinski definition) is 0. The summed E-state index contributed by atoms with van der Waals surface area (Å²) in [5, 5.41) is 0. The Morgan fingerprint density at radius 2 is 2.38 bits per heavy atom. The number of fused-ring (bicyclic) bond motifs is 1. The molecule has 0 amide bonds. The Hall–Kier alpha value is -0.920. The van der Waals surface area contributed by atoms with Crippen LogP contribution in [0.4, 0.5) is 0 Å². The Kier molecular flexibility index (Phi) is 3.00. The van der Waals surface area contributed by atoms with Gasteiger partial charge in [0.1, 0.15) is 11.7 Å². The summed E-state index contributed by atoms with van der Waals surface area (Å²) in [6.45, 7) is 5.95. The van der Waals surface area contributed by atoms with Gasteiger partial charge in [0.15, 0.2) is 0 Å². The Morgan fingerprint density at radius 3 is 3.00 bits per heavy atom. The molecule has 0 aromatic rings. The molecule has 2 nitrogen and oxygen atoms in total. The maximum absolute atomic E-state index is 11.1. The third kappa shape index (κ3) is 1.74. The van der Waals surface area contributed by atoms with Crippen molar-refractivity contribution in [1.29, 1.82) is 0 Å². The molecule has 1 saturated carbocycles. The van der Waals surface area contributed by atoms with E-state index in [4.69, 9.17) is 4.74 Å². The molecule has 2 aliphatic carbocycles. The number of ether oxygens (including phenoxy) is 1. The van der Waals surface area contributed by atoms with Gasteiger partial charge in [-0.25, -0.2) is 0 Å². The van der Waals surface area contributed by atoms with E-state index in [1.54, 1.807) is 0 Å². The highest BCUT2D eigenvalue weighted by Gasteiger charge is 2.52. The predicted octanol–water partition coefficient (Wildman–Crippen LogP) is 3.28. The van der Waals surface area contributed by atoms with Gasteiger partial charge in [0, 0.05) is 44.1 Å². The molecular weight excluding hydrogens is 200 g/mol. The van der Waals surface area contributed by atoms with Gasteiger partial charge < -0.3 is 4.74 Å². The van der Waals surface area contributed by atoms with E-state index in [9.17, 15) is 4.79 Å². The Morgan fingerprint density at radius 1 is 1.62 bits per heavy atom. The summed E-state index contributed by atoms with van der Waals surface area (Å²) in [7, 11) is 0. The first-order valence-corrected chi connectivity index (χ1v) is 6.25. The standard InChI is InChI=1S/C14H21O2/c1-4-11-7-8-12-13(16-10(2)15)6-5-9-14(11,12)3/h4,7,12-13H,5-6,8-9H2,1-3H3/q+1/t12?,13-,14+/m0/s1. The molecule has 0 saturated heterocycles. The predicted molar refractivity (Wildman–Crippen MR) is 63.7 cm³/mol. The number of allylic oxidation sites excluding steroid dienone is 2. The fourth-order valence-corrected chi connectivity index (χ4v) is 3.53. The SMILES string of the molecule is C[CH+]C1=CCC2[C@@H](OC(C)=O)CCC[C@]12C. The van der Waals surface area contributed by atoms with Crippen molar-refractivity contribution in [1.82, 2.24) is 0 Å². The van der Waals surface area contributed by atoms with Crippen LogP contribution in [0.1, 0.15) is 46.5 Å². The normalized spacial score (nSPS) is 37.6. The summed E-state index contributed by atoms with van der Waals surface area (Å²) < 4.78 is 5.48. The molecule has 0 spiro atoms. The Balaban J connectivity index is 2.16. The highest BCUT2D eigenvalue weighted by atomic mass is 16.5. The zero-order valence-electron chi connectivity index (χ0n) is 10.5. The van der Waals surface area contributed by atoms with Crippen LogP contribution in [0.2, 0.25) is 0 Å². The topological polar surface area (TPSA) is 26.3 Å². The lowest BCUT2D eigenvalue weighted by Gasteiger charge is -2.40. The Labute approximate surface area is 98.1 Å². The van der Waals surface area contributed by atoms with Gasteiger partial charge >= 0.3 is 5.97 Å². The minimum atomic E-state index is -0.136. The first-order chi connectivity index (χ1) is 7.58. The number of hydrogen-bond acceptors (Lipinski definition) is 2. The number of carbonyl (C=O) groups is 1. The number of carbonyl (C=O) groups excluding carboxylic acids is 1. The molecule has 2 aliphatic rings. The zero-order valence-corrected chi connectivity index (χ0v) is 10.5. The van der Waals surface area contributed by atoms with E-state index >= 15 is 0 Å². The van der Waals surface area contributed by atoms with Crippen LogP contribution in [0, 0.1) is 17.8 Å². The summed E-state index contributed by atoms with van der Waals surface area (Å²) in [6.07, 6.45) is 9.16. The van der Waals surface area contributed by atoms with Crippen molar-refractivity contribution in [3.05, 3.63) is 18.1 Å². The third-order valence-corrected chi connectivity index (χ3v) is 4.33. The van der Waals surface area contributed by atoms with E-state index in [0.29, 0.717) is 5.92 Å². The summed E-state index contributed by atoms with van der Waals surface area (Å²) >= 11 is 0. The molecule has 88 valence electrons. The summed E-state index contributed by atoms with van der Waals surface area (Å²) in [5.41, 5.74) is 1.70. The molecular formula is C14H21O2+. The van der Waals surface area contributed by atoms with Gasteiger partial charge in [-0.05, 0) is 19.3 Å². The molecule has 0 aromatic heterocycles. The van der Waals surface area contributed by atoms with E-state index in [1.807, 2.05) is 0 Å². The minimum Gasteiger partial charge on any atom is -0.462 e. The second-order valence-electron chi connectivity index (χ2n) is 5.25. The largest absolute Gasteiger partial charge is 0.462 e. The zero-order chi connectivity index (χ0) is 11.8. The highest BCUT2D eigenvalue weighted by Crippen LogP contribution is 2.53. The third-order valence-electron chi connectivity index (χ3n) is 4.33. The maximum Gasteiger partial charge on any atom is 0.302 e. The quantitative estimate of drug-likeness (QED) is 0.528. The van der Waals surface area contributed by atoms with E-state index in [0.717, 1.165) is 19.3 Å². The van der Waals surface area contributed by atoms with Crippen LogP contribution in [-0.4, -0.2) is 12.1 Å². The van der Waals surface area contributed by atoms with E-state index < -0.39 is 0 Å². The molecule has 0 aliphatic heterocycles. The molecule has 16 heavy (non-hydrogen) atoms. The van der Waals surface area contributed by atoms with Crippen molar-refractivity contribution in [2.75, 3.05) is 0 Å². The molecule has 3 atom stereocenters. The van der Waals surface area contributed by atoms with Gasteiger partial charge in [-0.1, -0.05) is 6.92 Å². The summed E-state index contributed by atoms with van der Waals surface area (Å²) in [4.78, 5) is 11.1. The van der Waals surface area contributed by atoms with Gasteiger partial charge in [-0.15, -0.1) is 0 Å². The van der Waals surface area contributed by atoms with Crippen molar-refractivity contribution in [2.45, 2.75) is 52.6 Å². The maximum atomic E-state index is 11.1. The van der Waals surface area contributed by atoms with Crippen molar-refractivity contribution in [3.8, 4) is 0 Å². The van der Waals surface area contributed by atoms with Crippen LogP contribution in [0.25, 0.3) is 0 Å². The average molecular weight is 221 g/mol. The molecule has 1 unspecified atom stereocenters. The van der Waals surface area contributed by atoms with Gasteiger partial charge in [-0.3, -0.25) is 4.79 Å². The molecule has 2 rings (SSSR count). The molecule has 0 heterocycles. The van der Waals surface area contributed by atoms with Crippen LogP contribution >= 0.6 is 0 Å². The number of esters is 1. The van der Waals surface area contributed by atoms with E-state index in [-0.39, 0.29) is 17.5 Å². The fourth-order valence-electron chi connectivity index (χ4n) is 3.53. The van der Waals surface area contributed by atoms with Crippen molar-refractivity contribution in [2.24, 2.45) is 11.3 Å². The van der Waals surface area contributed by atoms with Crippen LogP contribution < -0.4 is 0 Å². The molecule has 0 bridgehead atoms. The van der Waals surface area contributed by atoms with Crippen molar-refractivity contribution in [3.63, 3.8) is 0 Å². The molecule has 0 aromatic carbocycles. The first kappa shape index (κ1) is 11.6. The second kappa shape index (κ2) is 4.15. The van der Waals surface area contributed by atoms with Gasteiger partial charge in [0.2, 0.25) is 0 Å². The van der Waals surface area contributed by atoms with Gasteiger partial charge in [0.25, 0.3) is 0 Å². The monoisotopic (exact) mass is 221 g/mol. The summed E-state index contributed by atoms with van der Waals surface area (Å²) in [6, 6.07) is 0. The fraction of sp³-hybridized carbons (Fsp3) is 0.714. The second-order valence-corrected chi connectivity index (χ2v) is 5.25. The Bertz CT molecular complexity index is 319. The van der Waals surface area contributed by atoms with Crippen LogP contribution in [0.3, 0.4) is 0 Å². The molecule has 2 heteroatoms. The molecule has 0 radical (unpaired) electrons. The highest BCUT2D eigenvalue weighted by molar-refractivity contribution is 5.66. The lowest BCUT2D eigenvalue weighted by atomic mass is 9.65. The van der Waals surface area contributed by atoms with E-state index in [1.165, 1.54) is 18.9 Å². The van der Waals surface area contributed by atoms with Crippen LogP contribution in [-0.2, 0) is 9.53 Å². The number of rotatable bonds is 2. The lowest BCUT2D eigenvalue weighted by molar-refractivity contribution is -0.153. The molecule has 0 N–H and O–H groups in total. The average Bonchev–Trinajstić information content (AvgIpc) is 2.54. The van der Waals surface area contributed by atoms with Crippen molar-refractivity contribution < 1.29 is 9.53 Å². The summed E-state index contributed by atoms with van der Waals surface area (Å²) in [5.74, 6) is 0.361. The van der Waals surface area contributed by atoms with Crippen molar-refractivity contribution >= 4 is 5.97 Å².